The molecule has 0 radical (unpaired) electrons. The van der Waals surface area contributed by atoms with Gasteiger partial charge >= 0.3 is 5.97 Å². The number of ether oxygens (including phenoxy) is 1. The standard InChI is InChI=1S/C14H14O4S/c15-12-5-1-2-6-13(12)18-9-10(14(16)17)8-11-4-3-7-19-11/h1-7,10,15H,8-9H2,(H,16,17). The molecule has 100 valence electrons. The van der Waals surface area contributed by atoms with Crippen LogP contribution in [-0.2, 0) is 11.2 Å². The first-order chi connectivity index (χ1) is 9.16. The highest BCUT2D eigenvalue weighted by Gasteiger charge is 2.20. The fourth-order valence-corrected chi connectivity index (χ4v) is 2.45. The summed E-state index contributed by atoms with van der Waals surface area (Å²) >= 11 is 1.53. The number of aliphatic carboxylic acids is 1. The Morgan fingerprint density at radius 3 is 2.68 bits per heavy atom. The Balaban J connectivity index is 1.98. The lowest BCUT2D eigenvalue weighted by atomic mass is 10.1. The summed E-state index contributed by atoms with van der Waals surface area (Å²) in [5, 5.41) is 20.6. The summed E-state index contributed by atoms with van der Waals surface area (Å²) in [4.78, 5) is 12.2. The van der Waals surface area contributed by atoms with Gasteiger partial charge in [0, 0.05) is 4.88 Å². The number of carboxylic acids is 1. The van der Waals surface area contributed by atoms with Crippen molar-refractivity contribution in [3.63, 3.8) is 0 Å². The highest BCUT2D eigenvalue weighted by atomic mass is 32.1. The van der Waals surface area contributed by atoms with Crippen molar-refractivity contribution in [2.75, 3.05) is 6.61 Å². The summed E-state index contributed by atoms with van der Waals surface area (Å²) in [6.07, 6.45) is 0.431. The van der Waals surface area contributed by atoms with E-state index < -0.39 is 11.9 Å². The second-order valence-corrected chi connectivity index (χ2v) is 5.13. The minimum absolute atomic E-state index is 0.0164. The molecule has 2 rings (SSSR count). The summed E-state index contributed by atoms with van der Waals surface area (Å²) in [6, 6.07) is 10.3. The molecule has 1 atom stereocenters. The van der Waals surface area contributed by atoms with Crippen LogP contribution >= 0.6 is 11.3 Å². The van der Waals surface area contributed by atoms with Gasteiger partial charge in [0.25, 0.3) is 0 Å². The van der Waals surface area contributed by atoms with Crippen molar-refractivity contribution in [1.82, 2.24) is 0 Å². The molecule has 0 aliphatic carbocycles. The number of aromatic hydroxyl groups is 1. The van der Waals surface area contributed by atoms with Crippen LogP contribution in [0.4, 0.5) is 0 Å². The van der Waals surface area contributed by atoms with Gasteiger partial charge < -0.3 is 14.9 Å². The Morgan fingerprint density at radius 2 is 2.05 bits per heavy atom. The zero-order chi connectivity index (χ0) is 13.7. The number of hydrogen-bond donors (Lipinski definition) is 2. The van der Waals surface area contributed by atoms with Gasteiger partial charge in [-0.05, 0) is 30.0 Å². The van der Waals surface area contributed by atoms with Crippen LogP contribution < -0.4 is 4.74 Å². The van der Waals surface area contributed by atoms with Crippen LogP contribution in [0.5, 0.6) is 11.5 Å². The number of benzene rings is 1. The maximum Gasteiger partial charge on any atom is 0.310 e. The van der Waals surface area contributed by atoms with Crippen LogP contribution in [0, 0.1) is 5.92 Å². The molecule has 1 aromatic heterocycles. The molecule has 0 aliphatic heterocycles. The molecule has 1 aromatic carbocycles. The lowest BCUT2D eigenvalue weighted by Gasteiger charge is -2.13. The lowest BCUT2D eigenvalue weighted by Crippen LogP contribution is -2.23. The average molecular weight is 278 g/mol. The Kier molecular flexibility index (Phi) is 4.41. The Hall–Kier alpha value is -2.01. The molecule has 0 aliphatic rings. The normalized spacial score (nSPS) is 12.0. The van der Waals surface area contributed by atoms with Crippen molar-refractivity contribution < 1.29 is 19.7 Å². The second-order valence-electron chi connectivity index (χ2n) is 4.10. The van der Waals surface area contributed by atoms with Crippen LogP contribution in [0.3, 0.4) is 0 Å². The molecule has 0 saturated carbocycles. The maximum atomic E-state index is 11.2. The van der Waals surface area contributed by atoms with E-state index in [2.05, 4.69) is 0 Å². The van der Waals surface area contributed by atoms with Gasteiger partial charge in [0.05, 0.1) is 5.92 Å². The highest BCUT2D eigenvalue weighted by Crippen LogP contribution is 2.25. The van der Waals surface area contributed by atoms with Crippen molar-refractivity contribution >= 4 is 17.3 Å². The number of phenolic OH excluding ortho intramolecular Hbond substituents is 1. The molecule has 19 heavy (non-hydrogen) atoms. The SMILES string of the molecule is O=C(O)C(COc1ccccc1O)Cc1cccs1. The van der Waals surface area contributed by atoms with E-state index in [1.54, 1.807) is 18.2 Å². The molecule has 0 spiro atoms. The Bertz CT molecular complexity index is 536. The zero-order valence-corrected chi connectivity index (χ0v) is 11.0. The van der Waals surface area contributed by atoms with E-state index in [0.29, 0.717) is 12.2 Å². The van der Waals surface area contributed by atoms with Gasteiger partial charge in [-0.15, -0.1) is 11.3 Å². The van der Waals surface area contributed by atoms with E-state index in [4.69, 9.17) is 4.74 Å². The Morgan fingerprint density at radius 1 is 1.26 bits per heavy atom. The second kappa shape index (κ2) is 6.24. The van der Waals surface area contributed by atoms with E-state index in [1.807, 2.05) is 17.5 Å². The quantitative estimate of drug-likeness (QED) is 0.852. The van der Waals surface area contributed by atoms with Gasteiger partial charge in [-0.3, -0.25) is 4.79 Å². The summed E-state index contributed by atoms with van der Waals surface area (Å²) in [5.74, 6) is -1.20. The molecule has 0 amide bonds. The lowest BCUT2D eigenvalue weighted by molar-refractivity contribution is -0.142. The van der Waals surface area contributed by atoms with Crippen LogP contribution in [-0.4, -0.2) is 22.8 Å². The van der Waals surface area contributed by atoms with Crippen LogP contribution in [0.25, 0.3) is 0 Å². The van der Waals surface area contributed by atoms with E-state index in [-0.39, 0.29) is 12.4 Å². The molecule has 2 N–H and O–H groups in total. The fourth-order valence-electron chi connectivity index (χ4n) is 1.66. The Labute approximate surface area is 114 Å². The largest absolute Gasteiger partial charge is 0.504 e. The molecule has 1 heterocycles. The topological polar surface area (TPSA) is 66.8 Å². The maximum absolute atomic E-state index is 11.2. The minimum Gasteiger partial charge on any atom is -0.504 e. The van der Waals surface area contributed by atoms with E-state index >= 15 is 0 Å². The number of para-hydroxylation sites is 2. The third kappa shape index (κ3) is 3.72. The van der Waals surface area contributed by atoms with Gasteiger partial charge in [-0.1, -0.05) is 18.2 Å². The fraction of sp³-hybridized carbons (Fsp3) is 0.214. The van der Waals surface area contributed by atoms with Crippen molar-refractivity contribution in [1.29, 1.82) is 0 Å². The molecule has 1 unspecified atom stereocenters. The first-order valence-corrected chi connectivity index (χ1v) is 6.71. The first kappa shape index (κ1) is 13.4. The number of phenols is 1. The predicted octanol–water partition coefficient (Wildman–Crippen LogP) is 2.78. The van der Waals surface area contributed by atoms with Crippen molar-refractivity contribution in [2.45, 2.75) is 6.42 Å². The number of rotatable bonds is 6. The third-order valence-corrected chi connectivity index (χ3v) is 3.58. The number of carboxylic acid groups (broad SMARTS) is 1. The van der Waals surface area contributed by atoms with Crippen molar-refractivity contribution in [3.8, 4) is 11.5 Å². The van der Waals surface area contributed by atoms with Gasteiger partial charge in [0.2, 0.25) is 0 Å². The van der Waals surface area contributed by atoms with Crippen molar-refractivity contribution in [2.24, 2.45) is 5.92 Å². The van der Waals surface area contributed by atoms with Gasteiger partial charge in [-0.2, -0.15) is 0 Å². The van der Waals surface area contributed by atoms with E-state index in [1.165, 1.54) is 17.4 Å². The van der Waals surface area contributed by atoms with E-state index in [0.717, 1.165) is 4.88 Å². The predicted molar refractivity (Wildman–Crippen MR) is 72.8 cm³/mol. The van der Waals surface area contributed by atoms with Crippen LogP contribution in [0.2, 0.25) is 0 Å². The molecular weight excluding hydrogens is 264 g/mol. The highest BCUT2D eigenvalue weighted by molar-refractivity contribution is 7.09. The van der Waals surface area contributed by atoms with Gasteiger partial charge in [0.1, 0.15) is 6.61 Å². The monoisotopic (exact) mass is 278 g/mol. The molecule has 5 heteroatoms. The zero-order valence-electron chi connectivity index (χ0n) is 10.2. The molecule has 2 aromatic rings. The summed E-state index contributed by atoms with van der Waals surface area (Å²) in [7, 11) is 0. The third-order valence-electron chi connectivity index (χ3n) is 2.68. The van der Waals surface area contributed by atoms with Crippen LogP contribution in [0.15, 0.2) is 41.8 Å². The molecule has 0 bridgehead atoms. The summed E-state index contributed by atoms with van der Waals surface area (Å²) in [5.41, 5.74) is 0. The smallest absolute Gasteiger partial charge is 0.310 e. The number of hydrogen-bond acceptors (Lipinski definition) is 4. The molecule has 0 fully saturated rings. The van der Waals surface area contributed by atoms with Gasteiger partial charge in [0.15, 0.2) is 11.5 Å². The number of carbonyl (C=O) groups is 1. The van der Waals surface area contributed by atoms with Gasteiger partial charge in [-0.25, -0.2) is 0 Å². The van der Waals surface area contributed by atoms with E-state index in [9.17, 15) is 15.0 Å². The number of thiophene rings is 1. The summed E-state index contributed by atoms with van der Waals surface area (Å²) in [6.45, 7) is 0.0325. The van der Waals surface area contributed by atoms with Crippen LogP contribution in [0.1, 0.15) is 4.88 Å². The van der Waals surface area contributed by atoms with Crippen molar-refractivity contribution in [3.05, 3.63) is 46.7 Å². The first-order valence-electron chi connectivity index (χ1n) is 5.83. The average Bonchev–Trinajstić information content (AvgIpc) is 2.88. The molecular formula is C14H14O4S. The molecule has 4 nitrogen and oxygen atoms in total. The summed E-state index contributed by atoms with van der Waals surface area (Å²) < 4.78 is 5.38. The minimum atomic E-state index is -0.899. The molecule has 0 saturated heterocycles.